The van der Waals surface area contributed by atoms with Crippen LogP contribution in [0.5, 0.6) is 5.75 Å². The number of hydrogen-bond donors (Lipinski definition) is 1. The molecular formula is C17H16Cl2N2O2. The monoisotopic (exact) mass is 350 g/mol. The quantitative estimate of drug-likeness (QED) is 0.898. The van der Waals surface area contributed by atoms with Crippen LogP contribution < -0.4 is 4.90 Å². The summed E-state index contributed by atoms with van der Waals surface area (Å²) in [4.78, 5) is 16.6. The van der Waals surface area contributed by atoms with Gasteiger partial charge in [0.05, 0.1) is 15.6 Å². The summed E-state index contributed by atoms with van der Waals surface area (Å²) in [6, 6.07) is 12.1. The number of anilines is 1. The number of carbonyl (C=O) groups excluding carboxylic acids is 1. The van der Waals surface area contributed by atoms with Gasteiger partial charge in [-0.05, 0) is 36.4 Å². The van der Waals surface area contributed by atoms with Gasteiger partial charge >= 0.3 is 0 Å². The van der Waals surface area contributed by atoms with Crippen molar-refractivity contribution >= 4 is 34.8 Å². The Morgan fingerprint density at radius 1 is 0.913 bits per heavy atom. The number of phenolic OH excluding ortho intramolecular Hbond substituents is 1. The Balaban J connectivity index is 1.69. The van der Waals surface area contributed by atoms with E-state index in [1.807, 2.05) is 12.1 Å². The minimum atomic E-state index is -0.133. The highest BCUT2D eigenvalue weighted by molar-refractivity contribution is 6.39. The molecule has 4 nitrogen and oxygen atoms in total. The molecule has 1 aliphatic rings. The first-order valence-electron chi connectivity index (χ1n) is 7.33. The molecule has 2 aromatic rings. The minimum Gasteiger partial charge on any atom is -0.508 e. The van der Waals surface area contributed by atoms with Crippen molar-refractivity contribution in [3.05, 3.63) is 58.1 Å². The highest BCUT2D eigenvalue weighted by Crippen LogP contribution is 2.27. The lowest BCUT2D eigenvalue weighted by molar-refractivity contribution is 0.0747. The van der Waals surface area contributed by atoms with Gasteiger partial charge in [0, 0.05) is 31.9 Å². The number of carbonyl (C=O) groups is 1. The van der Waals surface area contributed by atoms with E-state index in [4.69, 9.17) is 23.2 Å². The number of aromatic hydroxyl groups is 1. The molecule has 1 aliphatic heterocycles. The summed E-state index contributed by atoms with van der Waals surface area (Å²) in [6.07, 6.45) is 0. The van der Waals surface area contributed by atoms with Crippen molar-refractivity contribution in [3.8, 4) is 5.75 Å². The highest BCUT2D eigenvalue weighted by atomic mass is 35.5. The number of amides is 1. The van der Waals surface area contributed by atoms with Gasteiger partial charge in [0.2, 0.25) is 0 Å². The third-order valence-electron chi connectivity index (χ3n) is 3.96. The number of hydrogen-bond acceptors (Lipinski definition) is 3. The average molecular weight is 351 g/mol. The molecule has 0 atom stereocenters. The summed E-state index contributed by atoms with van der Waals surface area (Å²) in [5, 5.41) is 10.1. The van der Waals surface area contributed by atoms with Crippen LogP contribution in [-0.2, 0) is 0 Å². The second-order valence-corrected chi connectivity index (χ2v) is 6.21. The Kier molecular flexibility index (Phi) is 4.64. The maximum absolute atomic E-state index is 12.6. The molecule has 1 heterocycles. The first-order chi connectivity index (χ1) is 11.1. The number of rotatable bonds is 2. The van der Waals surface area contributed by atoms with Crippen LogP contribution >= 0.6 is 23.2 Å². The van der Waals surface area contributed by atoms with Crippen molar-refractivity contribution in [1.29, 1.82) is 0 Å². The molecule has 1 fully saturated rings. The molecule has 0 radical (unpaired) electrons. The fourth-order valence-corrected chi connectivity index (χ4v) is 3.25. The summed E-state index contributed by atoms with van der Waals surface area (Å²) in [5.41, 5.74) is 1.40. The van der Waals surface area contributed by atoms with Crippen molar-refractivity contribution in [2.24, 2.45) is 0 Å². The van der Waals surface area contributed by atoms with Crippen LogP contribution in [0.4, 0.5) is 5.69 Å². The van der Waals surface area contributed by atoms with Gasteiger partial charge < -0.3 is 14.9 Å². The molecule has 1 saturated heterocycles. The molecule has 120 valence electrons. The van der Waals surface area contributed by atoms with E-state index in [9.17, 15) is 9.90 Å². The molecular weight excluding hydrogens is 335 g/mol. The van der Waals surface area contributed by atoms with Crippen LogP contribution in [0.1, 0.15) is 10.4 Å². The van der Waals surface area contributed by atoms with E-state index in [1.165, 1.54) is 0 Å². The molecule has 23 heavy (non-hydrogen) atoms. The van der Waals surface area contributed by atoms with Crippen LogP contribution in [-0.4, -0.2) is 42.1 Å². The van der Waals surface area contributed by atoms with Crippen molar-refractivity contribution < 1.29 is 9.90 Å². The Morgan fingerprint density at radius 2 is 1.48 bits per heavy atom. The van der Waals surface area contributed by atoms with Crippen LogP contribution in [0.3, 0.4) is 0 Å². The first kappa shape index (κ1) is 16.0. The highest BCUT2D eigenvalue weighted by Gasteiger charge is 2.25. The zero-order valence-corrected chi connectivity index (χ0v) is 13.9. The van der Waals surface area contributed by atoms with Gasteiger partial charge in [-0.3, -0.25) is 4.79 Å². The smallest absolute Gasteiger partial charge is 0.257 e. The van der Waals surface area contributed by atoms with E-state index in [-0.39, 0.29) is 11.7 Å². The Hall–Kier alpha value is -1.91. The van der Waals surface area contributed by atoms with Crippen molar-refractivity contribution in [2.75, 3.05) is 31.1 Å². The zero-order valence-electron chi connectivity index (χ0n) is 12.4. The Bertz CT molecular complexity index is 691. The van der Waals surface area contributed by atoms with Crippen LogP contribution in [0.15, 0.2) is 42.5 Å². The molecule has 0 spiro atoms. The summed E-state index contributed by atoms with van der Waals surface area (Å²) >= 11 is 12.2. The second kappa shape index (κ2) is 6.69. The number of halogens is 2. The second-order valence-electron chi connectivity index (χ2n) is 5.39. The van der Waals surface area contributed by atoms with Gasteiger partial charge in [-0.1, -0.05) is 29.3 Å². The molecule has 0 aliphatic carbocycles. The molecule has 0 bridgehead atoms. The lowest BCUT2D eigenvalue weighted by atomic mass is 10.1. The van der Waals surface area contributed by atoms with E-state index in [0.717, 1.165) is 18.8 Å². The van der Waals surface area contributed by atoms with Gasteiger partial charge in [0.25, 0.3) is 5.91 Å². The number of nitrogens with zero attached hydrogens (tertiary/aromatic N) is 2. The topological polar surface area (TPSA) is 43.8 Å². The summed E-state index contributed by atoms with van der Waals surface area (Å²) < 4.78 is 0. The van der Waals surface area contributed by atoms with Crippen LogP contribution in [0.25, 0.3) is 0 Å². The van der Waals surface area contributed by atoms with Gasteiger partial charge in [0.15, 0.2) is 0 Å². The van der Waals surface area contributed by atoms with Gasteiger partial charge in [0.1, 0.15) is 5.75 Å². The van der Waals surface area contributed by atoms with E-state index in [2.05, 4.69) is 4.90 Å². The van der Waals surface area contributed by atoms with E-state index >= 15 is 0 Å². The average Bonchev–Trinajstić information content (AvgIpc) is 2.55. The Morgan fingerprint density at radius 3 is 2.04 bits per heavy atom. The summed E-state index contributed by atoms with van der Waals surface area (Å²) in [6.45, 7) is 2.64. The Labute approximate surface area is 144 Å². The first-order valence-corrected chi connectivity index (χ1v) is 8.09. The van der Waals surface area contributed by atoms with Crippen molar-refractivity contribution in [2.45, 2.75) is 0 Å². The van der Waals surface area contributed by atoms with Crippen LogP contribution in [0.2, 0.25) is 10.0 Å². The summed E-state index contributed by atoms with van der Waals surface area (Å²) in [5.74, 6) is 0.113. The van der Waals surface area contributed by atoms with E-state index in [0.29, 0.717) is 28.7 Å². The third kappa shape index (κ3) is 3.38. The maximum atomic E-state index is 12.6. The zero-order chi connectivity index (χ0) is 16.4. The predicted octanol–water partition coefficient (Wildman–Crippen LogP) is 3.66. The molecule has 1 amide bonds. The fourth-order valence-electron chi connectivity index (χ4n) is 2.69. The van der Waals surface area contributed by atoms with E-state index in [1.54, 1.807) is 35.2 Å². The predicted molar refractivity (Wildman–Crippen MR) is 92.7 cm³/mol. The molecule has 3 rings (SSSR count). The lowest BCUT2D eigenvalue weighted by Gasteiger charge is -2.36. The standard InChI is InChI=1S/C17H16Cl2N2O2/c18-14-2-1-3-15(19)16(14)17(23)21-10-8-20(9-11-21)12-4-6-13(22)7-5-12/h1-7,22H,8-11H2. The fraction of sp³-hybridized carbons (Fsp3) is 0.235. The van der Waals surface area contributed by atoms with Crippen molar-refractivity contribution in [3.63, 3.8) is 0 Å². The SMILES string of the molecule is O=C(c1c(Cl)cccc1Cl)N1CCN(c2ccc(O)cc2)CC1. The van der Waals surface area contributed by atoms with Gasteiger partial charge in [-0.25, -0.2) is 0 Å². The molecule has 0 aromatic heterocycles. The maximum Gasteiger partial charge on any atom is 0.257 e. The number of piperazine rings is 1. The van der Waals surface area contributed by atoms with Crippen LogP contribution in [0, 0.1) is 0 Å². The molecule has 1 N–H and O–H groups in total. The normalized spacial score (nSPS) is 14.9. The van der Waals surface area contributed by atoms with Crippen molar-refractivity contribution in [1.82, 2.24) is 4.90 Å². The third-order valence-corrected chi connectivity index (χ3v) is 4.59. The van der Waals surface area contributed by atoms with Gasteiger partial charge in [-0.2, -0.15) is 0 Å². The lowest BCUT2D eigenvalue weighted by Crippen LogP contribution is -2.48. The molecule has 6 heteroatoms. The number of phenols is 1. The van der Waals surface area contributed by atoms with Gasteiger partial charge in [-0.15, -0.1) is 0 Å². The number of benzene rings is 2. The molecule has 0 saturated carbocycles. The largest absolute Gasteiger partial charge is 0.508 e. The van der Waals surface area contributed by atoms with E-state index < -0.39 is 0 Å². The molecule has 2 aromatic carbocycles. The summed E-state index contributed by atoms with van der Waals surface area (Å²) in [7, 11) is 0. The minimum absolute atomic E-state index is 0.133. The molecule has 0 unspecified atom stereocenters.